The highest BCUT2D eigenvalue weighted by molar-refractivity contribution is 5.89. The van der Waals surface area contributed by atoms with E-state index in [1.165, 1.54) is 5.56 Å². The lowest BCUT2D eigenvalue weighted by Crippen LogP contribution is -2.52. The summed E-state index contributed by atoms with van der Waals surface area (Å²) in [5.41, 5.74) is 6.52. The molecule has 4 nitrogen and oxygen atoms in total. The Morgan fingerprint density at radius 3 is 2.08 bits per heavy atom. The molecule has 0 unspecified atom stereocenters. The molecule has 3 aromatic carbocycles. The number of rotatable bonds is 9. The SMILES string of the molecule is Cc1ccc(CN(C(=O)Cc2cc(C)cc(C)c2)[C@@H](Cc2ccccc2)C(=O)NC2CCCC2)cc1. The maximum Gasteiger partial charge on any atom is 0.243 e. The summed E-state index contributed by atoms with van der Waals surface area (Å²) in [5.74, 6) is -0.0743. The molecule has 0 saturated heterocycles. The number of carbonyl (C=O) groups is 2. The summed E-state index contributed by atoms with van der Waals surface area (Å²) in [6.07, 6.45) is 5.08. The first kappa shape index (κ1) is 25.7. The van der Waals surface area contributed by atoms with Gasteiger partial charge >= 0.3 is 0 Å². The van der Waals surface area contributed by atoms with Crippen LogP contribution in [-0.4, -0.2) is 28.8 Å². The zero-order chi connectivity index (χ0) is 25.5. The van der Waals surface area contributed by atoms with Crippen molar-refractivity contribution in [3.8, 4) is 0 Å². The van der Waals surface area contributed by atoms with Gasteiger partial charge in [0.05, 0.1) is 6.42 Å². The van der Waals surface area contributed by atoms with Gasteiger partial charge in [-0.2, -0.15) is 0 Å². The molecule has 36 heavy (non-hydrogen) atoms. The second-order valence-electron chi connectivity index (χ2n) is 10.4. The molecule has 0 radical (unpaired) electrons. The minimum absolute atomic E-state index is 0.0249. The van der Waals surface area contributed by atoms with Crippen LogP contribution in [0.15, 0.2) is 72.8 Å². The molecule has 1 aliphatic rings. The lowest BCUT2D eigenvalue weighted by atomic mass is 10.00. The molecule has 188 valence electrons. The third-order valence-electron chi connectivity index (χ3n) is 7.08. The van der Waals surface area contributed by atoms with E-state index in [4.69, 9.17) is 0 Å². The topological polar surface area (TPSA) is 49.4 Å². The number of aryl methyl sites for hydroxylation is 3. The van der Waals surface area contributed by atoms with Crippen LogP contribution in [0.2, 0.25) is 0 Å². The Bertz CT molecular complexity index is 1140. The van der Waals surface area contributed by atoms with E-state index in [0.29, 0.717) is 13.0 Å². The molecule has 0 aromatic heterocycles. The van der Waals surface area contributed by atoms with Gasteiger partial charge in [0.2, 0.25) is 11.8 Å². The first-order chi connectivity index (χ1) is 17.4. The number of amides is 2. The van der Waals surface area contributed by atoms with Gasteiger partial charge in [-0.05, 0) is 50.3 Å². The predicted molar refractivity (Wildman–Crippen MR) is 146 cm³/mol. The smallest absolute Gasteiger partial charge is 0.243 e. The monoisotopic (exact) mass is 482 g/mol. The first-order valence-electron chi connectivity index (χ1n) is 13.1. The van der Waals surface area contributed by atoms with Crippen molar-refractivity contribution in [3.63, 3.8) is 0 Å². The lowest BCUT2D eigenvalue weighted by molar-refractivity contribution is -0.141. The lowest BCUT2D eigenvalue weighted by Gasteiger charge is -2.32. The summed E-state index contributed by atoms with van der Waals surface area (Å²) < 4.78 is 0. The van der Waals surface area contributed by atoms with Gasteiger partial charge < -0.3 is 10.2 Å². The molecule has 1 N–H and O–H groups in total. The summed E-state index contributed by atoms with van der Waals surface area (Å²) in [6.45, 7) is 6.57. The standard InChI is InChI=1S/C32H38N2O2/c1-23-13-15-27(16-14-23)22-34(31(35)21-28-18-24(2)17-25(3)19-28)30(20-26-9-5-4-6-10-26)32(36)33-29-11-7-8-12-29/h4-6,9-10,13-19,29-30H,7-8,11-12,20-22H2,1-3H3,(H,33,36)/t30-/m0/s1. The first-order valence-corrected chi connectivity index (χ1v) is 13.1. The second-order valence-corrected chi connectivity index (χ2v) is 10.4. The summed E-state index contributed by atoms with van der Waals surface area (Å²) >= 11 is 0. The summed E-state index contributed by atoms with van der Waals surface area (Å²) in [6, 6.07) is 24.1. The van der Waals surface area contributed by atoms with Crippen LogP contribution in [0.3, 0.4) is 0 Å². The molecular weight excluding hydrogens is 444 g/mol. The van der Waals surface area contributed by atoms with Gasteiger partial charge in [-0.25, -0.2) is 0 Å². The Balaban J connectivity index is 1.66. The molecule has 1 saturated carbocycles. The van der Waals surface area contributed by atoms with Gasteiger partial charge in [-0.1, -0.05) is 102 Å². The normalized spacial score (nSPS) is 14.4. The van der Waals surface area contributed by atoms with Crippen molar-refractivity contribution in [2.24, 2.45) is 0 Å². The van der Waals surface area contributed by atoms with E-state index in [1.807, 2.05) is 30.3 Å². The number of hydrogen-bond donors (Lipinski definition) is 1. The second kappa shape index (κ2) is 12.0. The van der Waals surface area contributed by atoms with Gasteiger partial charge in [0.25, 0.3) is 0 Å². The van der Waals surface area contributed by atoms with Crippen molar-refractivity contribution < 1.29 is 9.59 Å². The van der Waals surface area contributed by atoms with Crippen molar-refractivity contribution in [1.29, 1.82) is 0 Å². The molecule has 3 aromatic rings. The molecule has 0 heterocycles. The van der Waals surface area contributed by atoms with Crippen LogP contribution in [0.4, 0.5) is 0 Å². The van der Waals surface area contributed by atoms with Gasteiger partial charge in [-0.15, -0.1) is 0 Å². The quantitative estimate of drug-likeness (QED) is 0.416. The van der Waals surface area contributed by atoms with E-state index in [1.54, 1.807) is 4.90 Å². The van der Waals surface area contributed by atoms with Gasteiger partial charge in [-0.3, -0.25) is 9.59 Å². The molecule has 1 aliphatic carbocycles. The van der Waals surface area contributed by atoms with Gasteiger partial charge in [0.1, 0.15) is 6.04 Å². The highest BCUT2D eigenvalue weighted by Crippen LogP contribution is 2.21. The Morgan fingerprint density at radius 1 is 0.806 bits per heavy atom. The zero-order valence-corrected chi connectivity index (χ0v) is 21.8. The van der Waals surface area contributed by atoms with Crippen molar-refractivity contribution in [3.05, 3.63) is 106 Å². The van der Waals surface area contributed by atoms with Crippen LogP contribution in [0.1, 0.15) is 59.1 Å². The molecule has 4 rings (SSSR count). The molecule has 4 heteroatoms. The third-order valence-corrected chi connectivity index (χ3v) is 7.08. The van der Waals surface area contributed by atoms with Crippen LogP contribution in [0, 0.1) is 20.8 Å². The Labute approximate surface area is 215 Å². The Morgan fingerprint density at radius 2 is 1.44 bits per heavy atom. The third kappa shape index (κ3) is 7.07. The number of nitrogens with zero attached hydrogens (tertiary/aromatic N) is 1. The largest absolute Gasteiger partial charge is 0.352 e. The van der Waals surface area contributed by atoms with E-state index < -0.39 is 6.04 Å². The van der Waals surface area contributed by atoms with Gasteiger partial charge in [0.15, 0.2) is 0 Å². The average Bonchev–Trinajstić information content (AvgIpc) is 3.35. The molecule has 0 bridgehead atoms. The van der Waals surface area contributed by atoms with Crippen molar-refractivity contribution >= 4 is 11.8 Å². The minimum Gasteiger partial charge on any atom is -0.352 e. The minimum atomic E-state index is -0.576. The molecule has 0 aliphatic heterocycles. The van der Waals surface area contributed by atoms with Crippen LogP contribution >= 0.6 is 0 Å². The highest BCUT2D eigenvalue weighted by Gasteiger charge is 2.32. The fraction of sp³-hybridized carbons (Fsp3) is 0.375. The van der Waals surface area contributed by atoms with Crippen LogP contribution in [-0.2, 0) is 29.0 Å². The van der Waals surface area contributed by atoms with Crippen LogP contribution < -0.4 is 5.32 Å². The van der Waals surface area contributed by atoms with E-state index in [-0.39, 0.29) is 24.3 Å². The summed E-state index contributed by atoms with van der Waals surface area (Å²) in [4.78, 5) is 29.5. The number of nitrogens with one attached hydrogen (secondary N) is 1. The van der Waals surface area contributed by atoms with Crippen LogP contribution in [0.25, 0.3) is 0 Å². The Kier molecular flexibility index (Phi) is 8.58. The maximum absolute atomic E-state index is 13.9. The van der Waals surface area contributed by atoms with Crippen molar-refractivity contribution in [1.82, 2.24) is 10.2 Å². The van der Waals surface area contributed by atoms with Gasteiger partial charge in [0, 0.05) is 19.0 Å². The molecule has 1 fully saturated rings. The van der Waals surface area contributed by atoms with Crippen LogP contribution in [0.5, 0.6) is 0 Å². The molecule has 0 spiro atoms. The summed E-state index contributed by atoms with van der Waals surface area (Å²) in [7, 11) is 0. The average molecular weight is 483 g/mol. The highest BCUT2D eigenvalue weighted by atomic mass is 16.2. The number of hydrogen-bond acceptors (Lipinski definition) is 2. The van der Waals surface area contributed by atoms with Crippen molar-refractivity contribution in [2.45, 2.75) is 77.9 Å². The van der Waals surface area contributed by atoms with E-state index in [2.05, 4.69) is 68.6 Å². The predicted octanol–water partition coefficient (Wildman–Crippen LogP) is 5.85. The number of benzene rings is 3. The molecule has 2 amide bonds. The molecular formula is C32H38N2O2. The fourth-order valence-electron chi connectivity index (χ4n) is 5.26. The fourth-order valence-corrected chi connectivity index (χ4v) is 5.26. The van der Waals surface area contributed by atoms with Crippen molar-refractivity contribution in [2.75, 3.05) is 0 Å². The van der Waals surface area contributed by atoms with E-state index >= 15 is 0 Å². The Hall–Kier alpha value is -3.40. The van der Waals surface area contributed by atoms with E-state index in [9.17, 15) is 9.59 Å². The maximum atomic E-state index is 13.9. The molecule has 1 atom stereocenters. The number of carbonyl (C=O) groups excluding carboxylic acids is 2. The summed E-state index contributed by atoms with van der Waals surface area (Å²) in [5, 5.41) is 3.28. The zero-order valence-electron chi connectivity index (χ0n) is 21.8. The van der Waals surface area contributed by atoms with E-state index in [0.717, 1.165) is 53.5 Å².